The lowest BCUT2D eigenvalue weighted by molar-refractivity contribution is 0.426. The lowest BCUT2D eigenvalue weighted by Crippen LogP contribution is -2.30. The van der Waals surface area contributed by atoms with E-state index in [1.54, 1.807) is 0 Å². The van der Waals surface area contributed by atoms with E-state index in [2.05, 4.69) is 271 Å². The third-order valence-electron chi connectivity index (χ3n) is 17.1. The molecule has 0 atom stereocenters. The summed E-state index contributed by atoms with van der Waals surface area (Å²) in [5.74, 6) is 0. The van der Waals surface area contributed by atoms with Crippen molar-refractivity contribution in [2.75, 3.05) is 11.5 Å². The summed E-state index contributed by atoms with van der Waals surface area (Å²) in [4.78, 5) is 0. The molecule has 0 saturated heterocycles. The van der Waals surface area contributed by atoms with Crippen LogP contribution in [0.15, 0.2) is 291 Å². The van der Waals surface area contributed by atoms with E-state index >= 15 is 0 Å². The minimum absolute atomic E-state index is 0.521. The predicted octanol–water partition coefficient (Wildman–Crippen LogP) is 19.2. The minimum Gasteiger partial charge on any atom is -0.423 e. The van der Waals surface area contributed by atoms with Crippen molar-refractivity contribution in [2.45, 2.75) is 0 Å². The average Bonchev–Trinajstić information content (AvgIpc) is 1.61. The van der Waals surface area contributed by atoms with Crippen LogP contribution in [0.25, 0.3) is 137 Å². The zero-order valence-corrected chi connectivity index (χ0v) is 51.8. The molecule has 10 heteroatoms. The van der Waals surface area contributed by atoms with E-state index in [4.69, 9.17) is 11.5 Å². The van der Waals surface area contributed by atoms with E-state index in [-0.39, 0.29) is 0 Å². The van der Waals surface area contributed by atoms with Gasteiger partial charge in [0.15, 0.2) is 0 Å². The Labute approximate surface area is 535 Å². The number of halogens is 2. The normalized spacial score (nSPS) is 11.5. The van der Waals surface area contributed by atoms with Crippen LogP contribution >= 0.6 is 45.2 Å². The summed E-state index contributed by atoms with van der Waals surface area (Å²) in [6.07, 6.45) is 0. The SMILES string of the molecule is Nc1c(-c2cc3c(c4ccccc24)c2ccccc2n3-c2ccccc2)cccc1-c1cc2c(c3ccccc13)c1ccccc1n2-c1ccccc1.Nc1c(I)cccc1I.OB(O)c1cc2c(c3ccccc13)c1ccccc1n2-c1ccccc1. The number of para-hydroxylation sites is 8. The first-order valence-electron chi connectivity index (χ1n) is 29.2. The summed E-state index contributed by atoms with van der Waals surface area (Å²) in [6.45, 7) is 0. The summed E-state index contributed by atoms with van der Waals surface area (Å²) >= 11 is 4.44. The molecular weight excluding hydrogens is 1300 g/mol. The summed E-state index contributed by atoms with van der Waals surface area (Å²) in [6, 6.07) is 102. The van der Waals surface area contributed by atoms with Gasteiger partial charge in [0.2, 0.25) is 0 Å². The van der Waals surface area contributed by atoms with Crippen molar-refractivity contribution in [3.05, 3.63) is 298 Å². The average molecular weight is 1360 g/mol. The molecule has 420 valence electrons. The molecule has 0 spiro atoms. The number of hydrogen-bond donors (Lipinski definition) is 4. The zero-order valence-electron chi connectivity index (χ0n) is 47.4. The number of nitrogen functional groups attached to an aromatic ring is 2. The van der Waals surface area contributed by atoms with Crippen LogP contribution in [0.2, 0.25) is 0 Å². The smallest absolute Gasteiger partial charge is 0.423 e. The highest BCUT2D eigenvalue weighted by atomic mass is 127. The number of hydrogen-bond acceptors (Lipinski definition) is 4. The Morgan fingerprint density at radius 2 is 0.557 bits per heavy atom. The molecule has 0 unspecified atom stereocenters. The number of nitrogens with two attached hydrogens (primary N) is 2. The first-order valence-corrected chi connectivity index (χ1v) is 31.3. The van der Waals surface area contributed by atoms with Crippen LogP contribution in [0.4, 0.5) is 11.4 Å². The van der Waals surface area contributed by atoms with Gasteiger partial charge in [0.1, 0.15) is 0 Å². The second-order valence-corrected chi connectivity index (χ2v) is 24.3. The molecule has 0 radical (unpaired) electrons. The molecule has 7 nitrogen and oxygen atoms in total. The van der Waals surface area contributed by atoms with Crippen molar-refractivity contribution < 1.29 is 10.0 Å². The van der Waals surface area contributed by atoms with Gasteiger partial charge in [-0.15, -0.1) is 0 Å². The molecule has 0 fully saturated rings. The fourth-order valence-electron chi connectivity index (χ4n) is 13.3. The molecule has 0 saturated carbocycles. The van der Waals surface area contributed by atoms with E-state index in [9.17, 15) is 10.0 Å². The van der Waals surface area contributed by atoms with Crippen LogP contribution in [-0.2, 0) is 0 Å². The van der Waals surface area contributed by atoms with Gasteiger partial charge in [0.05, 0.1) is 38.8 Å². The number of nitrogens with zero attached hydrogens (tertiary/aromatic N) is 3. The van der Waals surface area contributed by atoms with Crippen LogP contribution in [-0.4, -0.2) is 30.9 Å². The number of rotatable bonds is 6. The lowest BCUT2D eigenvalue weighted by Gasteiger charge is -2.17. The maximum Gasteiger partial charge on any atom is 0.489 e. The molecule has 17 aromatic rings. The standard InChI is InChI=1S/C50H33N3.C22H16BNO2.C6H5I2N/c51-50-38(42-30-46-48(36-22-9-7-20-34(36)42)40-24-11-13-28-44(40)52(46)32-16-3-1-4-17-32)26-15-27-39(50)43-31-47-49(37-23-10-8-21-35(37)43)41-25-12-14-29-45(41)53(47)33-18-5-2-6-19-33;25-23(26)19-14-21-22(17-11-5-4-10-16(17)19)18-12-6-7-13-20(18)24(21)15-8-2-1-3-9-15;7-4-2-1-3-5(8)6(4)9/h1-31H,51H2;1-14,25-26H;1-3H,9H2. The lowest BCUT2D eigenvalue weighted by atomic mass is 9.76. The van der Waals surface area contributed by atoms with Gasteiger partial charge in [-0.3, -0.25) is 0 Å². The molecule has 88 heavy (non-hydrogen) atoms. The third kappa shape index (κ3) is 9.25. The van der Waals surface area contributed by atoms with Crippen LogP contribution in [0.1, 0.15) is 0 Å². The fourth-order valence-corrected chi connectivity index (χ4v) is 14.8. The van der Waals surface area contributed by atoms with Gasteiger partial charge in [-0.2, -0.15) is 0 Å². The maximum absolute atomic E-state index is 9.96. The molecule has 17 rings (SSSR count). The second kappa shape index (κ2) is 22.9. The van der Waals surface area contributed by atoms with Crippen molar-refractivity contribution >= 4 is 167 Å². The van der Waals surface area contributed by atoms with Crippen LogP contribution in [0.5, 0.6) is 0 Å². The molecule has 0 bridgehead atoms. The van der Waals surface area contributed by atoms with Gasteiger partial charge < -0.3 is 35.2 Å². The molecule has 0 aliphatic rings. The number of anilines is 2. The Kier molecular flexibility index (Phi) is 14.3. The first kappa shape index (κ1) is 54.9. The largest absolute Gasteiger partial charge is 0.489 e. The van der Waals surface area contributed by atoms with E-state index in [0.717, 1.165) is 101 Å². The van der Waals surface area contributed by atoms with Crippen molar-refractivity contribution in [3.8, 4) is 39.3 Å². The number of benzene rings is 14. The van der Waals surface area contributed by atoms with E-state index in [1.807, 2.05) is 78.9 Å². The van der Waals surface area contributed by atoms with E-state index in [1.165, 1.54) is 54.1 Å². The minimum atomic E-state index is -1.52. The van der Waals surface area contributed by atoms with Crippen LogP contribution < -0.4 is 16.9 Å². The van der Waals surface area contributed by atoms with Gasteiger partial charge >= 0.3 is 7.12 Å². The molecule has 14 aromatic carbocycles. The van der Waals surface area contributed by atoms with Gasteiger partial charge in [-0.05, 0) is 179 Å². The number of fused-ring (bicyclic) bond motifs is 15. The zero-order chi connectivity index (χ0) is 59.6. The van der Waals surface area contributed by atoms with Crippen molar-refractivity contribution in [2.24, 2.45) is 0 Å². The monoisotopic (exact) mass is 1360 g/mol. The Bertz CT molecular complexity index is 5310. The van der Waals surface area contributed by atoms with E-state index < -0.39 is 7.12 Å². The first-order chi connectivity index (χ1) is 43.2. The summed E-state index contributed by atoms with van der Waals surface area (Å²) in [7, 11) is -1.52. The van der Waals surface area contributed by atoms with E-state index in [0.29, 0.717) is 5.46 Å². The van der Waals surface area contributed by atoms with Gasteiger partial charge in [-0.25, -0.2) is 0 Å². The predicted molar refractivity (Wildman–Crippen MR) is 390 cm³/mol. The summed E-state index contributed by atoms with van der Waals surface area (Å²) in [5.41, 5.74) is 29.7. The Balaban J connectivity index is 0.000000153. The second-order valence-electron chi connectivity index (χ2n) is 22.0. The van der Waals surface area contributed by atoms with Crippen LogP contribution in [0, 0.1) is 7.14 Å². The topological polar surface area (TPSA) is 107 Å². The maximum atomic E-state index is 9.96. The molecule has 3 aromatic heterocycles. The van der Waals surface area contributed by atoms with Gasteiger partial charge in [0.25, 0.3) is 0 Å². The quantitative estimate of drug-likeness (QED) is 0.0756. The Hall–Kier alpha value is -9.70. The van der Waals surface area contributed by atoms with Crippen molar-refractivity contribution in [1.82, 2.24) is 13.7 Å². The third-order valence-corrected chi connectivity index (χ3v) is 19.0. The summed E-state index contributed by atoms with van der Waals surface area (Å²) < 4.78 is 9.22. The van der Waals surface area contributed by atoms with Gasteiger partial charge in [-0.1, -0.05) is 206 Å². The Morgan fingerprint density at radius 3 is 0.920 bits per heavy atom. The fraction of sp³-hybridized carbons (Fsp3) is 0. The highest BCUT2D eigenvalue weighted by molar-refractivity contribution is 14.1. The molecule has 3 heterocycles. The van der Waals surface area contributed by atoms with Crippen molar-refractivity contribution in [3.63, 3.8) is 0 Å². The Morgan fingerprint density at radius 1 is 0.261 bits per heavy atom. The molecule has 0 amide bonds. The van der Waals surface area contributed by atoms with Gasteiger partial charge in [0, 0.05) is 73.3 Å². The highest BCUT2D eigenvalue weighted by Crippen LogP contribution is 2.47. The molecule has 0 aliphatic heterocycles. The highest BCUT2D eigenvalue weighted by Gasteiger charge is 2.24. The van der Waals surface area contributed by atoms with Crippen molar-refractivity contribution in [1.29, 1.82) is 0 Å². The molecule has 6 N–H and O–H groups in total. The molecule has 0 aliphatic carbocycles. The summed E-state index contributed by atoms with van der Waals surface area (Å²) in [5, 5.41) is 33.9. The van der Waals surface area contributed by atoms with Crippen LogP contribution in [0.3, 0.4) is 0 Å². The number of aromatic nitrogens is 3. The molecular formula is C78H54BI2N5O2.